The molecule has 1 aromatic heterocycles. The molecule has 3 N–H and O–H groups in total. The van der Waals surface area contributed by atoms with E-state index in [9.17, 15) is 10.1 Å². The van der Waals surface area contributed by atoms with Crippen LogP contribution < -0.4 is 11.1 Å². The highest BCUT2D eigenvalue weighted by atomic mass is 16.6. The zero-order chi connectivity index (χ0) is 14.0. The lowest BCUT2D eigenvalue weighted by Gasteiger charge is -2.12. The van der Waals surface area contributed by atoms with Gasteiger partial charge in [-0.05, 0) is 25.2 Å². The van der Waals surface area contributed by atoms with E-state index in [-0.39, 0.29) is 16.7 Å². The fourth-order valence-corrected chi connectivity index (χ4v) is 2.27. The molecule has 7 heteroatoms. The SMILES string of the molecule is CCCc1nn(C)c(NCC(N)C2CC2)c1[N+](=O)[O-]. The molecule has 1 heterocycles. The highest BCUT2D eigenvalue weighted by molar-refractivity contribution is 5.60. The maximum absolute atomic E-state index is 11.2. The van der Waals surface area contributed by atoms with E-state index < -0.39 is 0 Å². The number of nitrogens with two attached hydrogens (primary N) is 1. The number of aryl methyl sites for hydroxylation is 2. The molecule has 1 unspecified atom stereocenters. The normalized spacial score (nSPS) is 16.4. The van der Waals surface area contributed by atoms with Gasteiger partial charge in [-0.3, -0.25) is 10.1 Å². The van der Waals surface area contributed by atoms with Gasteiger partial charge in [0.2, 0.25) is 5.82 Å². The lowest BCUT2D eigenvalue weighted by Crippen LogP contribution is -2.31. The Hall–Kier alpha value is -1.63. The Balaban J connectivity index is 2.14. The Morgan fingerprint density at radius 2 is 2.32 bits per heavy atom. The summed E-state index contributed by atoms with van der Waals surface area (Å²) >= 11 is 0. The van der Waals surface area contributed by atoms with Gasteiger partial charge in [0, 0.05) is 19.6 Å². The van der Waals surface area contributed by atoms with Crippen LogP contribution in [-0.2, 0) is 13.5 Å². The lowest BCUT2D eigenvalue weighted by atomic mass is 10.2. The first-order chi connectivity index (χ1) is 9.04. The van der Waals surface area contributed by atoms with Crippen molar-refractivity contribution >= 4 is 11.5 Å². The van der Waals surface area contributed by atoms with E-state index in [2.05, 4.69) is 10.4 Å². The van der Waals surface area contributed by atoms with Crippen LogP contribution >= 0.6 is 0 Å². The second-order valence-electron chi connectivity index (χ2n) is 5.16. The van der Waals surface area contributed by atoms with Crippen LogP contribution in [0, 0.1) is 16.0 Å². The maximum atomic E-state index is 11.2. The first-order valence-corrected chi connectivity index (χ1v) is 6.74. The zero-order valence-electron chi connectivity index (χ0n) is 11.4. The van der Waals surface area contributed by atoms with Crippen molar-refractivity contribution in [2.45, 2.75) is 38.6 Å². The van der Waals surface area contributed by atoms with Crippen LogP contribution in [0.4, 0.5) is 11.5 Å². The minimum absolute atomic E-state index is 0.0594. The summed E-state index contributed by atoms with van der Waals surface area (Å²) in [6.45, 7) is 2.53. The summed E-state index contributed by atoms with van der Waals surface area (Å²) in [5, 5.41) is 18.5. The van der Waals surface area contributed by atoms with Gasteiger partial charge < -0.3 is 11.1 Å². The van der Waals surface area contributed by atoms with E-state index in [1.807, 2.05) is 6.92 Å². The number of nitrogens with zero attached hydrogens (tertiary/aromatic N) is 3. The number of hydrogen-bond acceptors (Lipinski definition) is 5. The van der Waals surface area contributed by atoms with Crippen LogP contribution in [0.3, 0.4) is 0 Å². The molecule has 0 aliphatic heterocycles. The van der Waals surface area contributed by atoms with Crippen LogP contribution in [0.25, 0.3) is 0 Å². The topological polar surface area (TPSA) is 99.0 Å². The molecule has 7 nitrogen and oxygen atoms in total. The van der Waals surface area contributed by atoms with E-state index in [0.717, 1.165) is 19.3 Å². The molecule has 19 heavy (non-hydrogen) atoms. The molecule has 0 bridgehead atoms. The Labute approximate surface area is 112 Å². The van der Waals surface area contributed by atoms with Crippen LogP contribution in [0.2, 0.25) is 0 Å². The average molecular weight is 267 g/mol. The summed E-state index contributed by atoms with van der Waals surface area (Å²) in [5.41, 5.74) is 6.64. The monoisotopic (exact) mass is 267 g/mol. The molecule has 1 saturated carbocycles. The van der Waals surface area contributed by atoms with E-state index in [1.54, 1.807) is 11.7 Å². The third kappa shape index (κ3) is 3.04. The summed E-state index contributed by atoms with van der Waals surface area (Å²) in [7, 11) is 1.72. The van der Waals surface area contributed by atoms with Gasteiger partial charge in [-0.15, -0.1) is 0 Å². The Kier molecular flexibility index (Phi) is 4.04. The van der Waals surface area contributed by atoms with Crippen molar-refractivity contribution in [3.63, 3.8) is 0 Å². The molecule has 0 saturated heterocycles. The predicted octanol–water partition coefficient (Wildman–Crippen LogP) is 1.43. The third-order valence-electron chi connectivity index (χ3n) is 3.49. The average Bonchev–Trinajstić information content (AvgIpc) is 3.13. The first-order valence-electron chi connectivity index (χ1n) is 6.74. The Morgan fingerprint density at radius 3 is 2.84 bits per heavy atom. The quantitative estimate of drug-likeness (QED) is 0.575. The minimum Gasteiger partial charge on any atom is -0.363 e. The summed E-state index contributed by atoms with van der Waals surface area (Å²) in [6, 6.07) is 0.0594. The minimum atomic E-state index is -0.358. The van der Waals surface area contributed by atoms with Crippen molar-refractivity contribution in [1.29, 1.82) is 0 Å². The van der Waals surface area contributed by atoms with Crippen LogP contribution in [0.15, 0.2) is 0 Å². The van der Waals surface area contributed by atoms with Gasteiger partial charge in [0.1, 0.15) is 5.69 Å². The molecule has 1 aliphatic rings. The number of aromatic nitrogens is 2. The number of hydrogen-bond donors (Lipinski definition) is 2. The molecule has 0 amide bonds. The molecule has 0 radical (unpaired) electrons. The molecule has 0 aromatic carbocycles. The van der Waals surface area contributed by atoms with Crippen molar-refractivity contribution in [3.8, 4) is 0 Å². The standard InChI is InChI=1S/C12H21N5O2/c1-3-4-10-11(17(18)19)12(16(2)15-10)14-7-9(13)8-5-6-8/h8-9,14H,3-7,13H2,1-2H3. The van der Waals surface area contributed by atoms with Crippen LogP contribution in [0.5, 0.6) is 0 Å². The number of anilines is 1. The molecule has 106 valence electrons. The van der Waals surface area contributed by atoms with Gasteiger partial charge in [-0.1, -0.05) is 13.3 Å². The summed E-state index contributed by atoms with van der Waals surface area (Å²) in [6.07, 6.45) is 3.77. The summed E-state index contributed by atoms with van der Waals surface area (Å²) in [5.74, 6) is 1.03. The van der Waals surface area contributed by atoms with Crippen molar-refractivity contribution in [2.75, 3.05) is 11.9 Å². The van der Waals surface area contributed by atoms with Gasteiger partial charge in [0.25, 0.3) is 0 Å². The smallest absolute Gasteiger partial charge is 0.333 e. The van der Waals surface area contributed by atoms with E-state index in [4.69, 9.17) is 5.73 Å². The fraction of sp³-hybridized carbons (Fsp3) is 0.750. The molecule has 1 aliphatic carbocycles. The molecular formula is C12H21N5O2. The zero-order valence-corrected chi connectivity index (χ0v) is 11.4. The third-order valence-corrected chi connectivity index (χ3v) is 3.49. The van der Waals surface area contributed by atoms with Gasteiger partial charge in [0.05, 0.1) is 4.92 Å². The van der Waals surface area contributed by atoms with Crippen molar-refractivity contribution in [1.82, 2.24) is 9.78 Å². The van der Waals surface area contributed by atoms with Gasteiger partial charge in [-0.2, -0.15) is 5.10 Å². The second kappa shape index (κ2) is 5.56. The largest absolute Gasteiger partial charge is 0.363 e. The highest BCUT2D eigenvalue weighted by Crippen LogP contribution is 2.33. The van der Waals surface area contributed by atoms with Crippen molar-refractivity contribution in [2.24, 2.45) is 18.7 Å². The molecule has 1 aromatic rings. The molecule has 0 spiro atoms. The Morgan fingerprint density at radius 1 is 1.63 bits per heavy atom. The molecule has 2 rings (SSSR count). The van der Waals surface area contributed by atoms with Crippen LogP contribution in [0.1, 0.15) is 31.9 Å². The number of nitro groups is 1. The lowest BCUT2D eigenvalue weighted by molar-refractivity contribution is -0.384. The van der Waals surface area contributed by atoms with E-state index in [0.29, 0.717) is 30.4 Å². The van der Waals surface area contributed by atoms with Crippen molar-refractivity contribution in [3.05, 3.63) is 15.8 Å². The van der Waals surface area contributed by atoms with E-state index in [1.165, 1.54) is 0 Å². The maximum Gasteiger partial charge on any atom is 0.333 e. The van der Waals surface area contributed by atoms with Crippen LogP contribution in [-0.4, -0.2) is 27.3 Å². The van der Waals surface area contributed by atoms with Crippen molar-refractivity contribution < 1.29 is 4.92 Å². The second-order valence-corrected chi connectivity index (χ2v) is 5.16. The van der Waals surface area contributed by atoms with E-state index >= 15 is 0 Å². The number of nitrogens with one attached hydrogen (secondary N) is 1. The fourth-order valence-electron chi connectivity index (χ4n) is 2.27. The number of rotatable bonds is 7. The van der Waals surface area contributed by atoms with Gasteiger partial charge in [0.15, 0.2) is 0 Å². The first kappa shape index (κ1) is 13.8. The summed E-state index contributed by atoms with van der Waals surface area (Å²) in [4.78, 5) is 10.8. The summed E-state index contributed by atoms with van der Waals surface area (Å²) < 4.78 is 1.54. The molecule has 1 fully saturated rings. The highest BCUT2D eigenvalue weighted by Gasteiger charge is 2.30. The predicted molar refractivity (Wildman–Crippen MR) is 73.0 cm³/mol. The molecule has 1 atom stereocenters. The molecular weight excluding hydrogens is 246 g/mol. The van der Waals surface area contributed by atoms with Gasteiger partial charge in [-0.25, -0.2) is 4.68 Å². The Bertz CT molecular complexity index is 467. The van der Waals surface area contributed by atoms with Gasteiger partial charge >= 0.3 is 5.69 Å².